The topological polar surface area (TPSA) is 37.8 Å². The van der Waals surface area contributed by atoms with Crippen LogP contribution >= 0.6 is 31.9 Å². The minimum Gasteiger partial charge on any atom is -0.372 e. The van der Waals surface area contributed by atoms with E-state index in [2.05, 4.69) is 66.2 Å². The molecule has 1 aromatic heterocycles. The highest BCUT2D eigenvalue weighted by atomic mass is 79.9. The molecule has 0 amide bonds. The van der Waals surface area contributed by atoms with Crippen molar-refractivity contribution < 1.29 is 0 Å². The first-order valence-corrected chi connectivity index (χ1v) is 7.70. The van der Waals surface area contributed by atoms with Crippen molar-refractivity contribution in [1.82, 2.24) is 9.97 Å². The average Bonchev–Trinajstić information content (AvgIpc) is 2.43. The van der Waals surface area contributed by atoms with Crippen LogP contribution in [0.15, 0.2) is 33.2 Å². The largest absolute Gasteiger partial charge is 0.372 e. The summed E-state index contributed by atoms with van der Waals surface area (Å²) in [4.78, 5) is 9.14. The van der Waals surface area contributed by atoms with E-state index in [1.807, 2.05) is 19.2 Å². The Morgan fingerprint density at radius 1 is 1.11 bits per heavy atom. The molecular weight excluding hydrogens is 370 g/mol. The Hall–Kier alpha value is -0.940. The molecule has 1 aromatic carbocycles. The van der Waals surface area contributed by atoms with Gasteiger partial charge in [-0.1, -0.05) is 35.0 Å². The fourth-order valence-electron chi connectivity index (χ4n) is 1.81. The Morgan fingerprint density at radius 3 is 2.37 bits per heavy atom. The molecule has 5 heteroatoms. The molecule has 1 N–H and O–H groups in total. The van der Waals surface area contributed by atoms with Crippen LogP contribution < -0.4 is 5.32 Å². The summed E-state index contributed by atoms with van der Waals surface area (Å²) < 4.78 is 2.04. The zero-order valence-electron chi connectivity index (χ0n) is 10.9. The lowest BCUT2D eigenvalue weighted by Gasteiger charge is -2.10. The first-order valence-electron chi connectivity index (χ1n) is 6.11. The molecule has 0 bridgehead atoms. The lowest BCUT2D eigenvalue weighted by molar-refractivity contribution is 0.898. The minimum atomic E-state index is 0.738. The van der Waals surface area contributed by atoms with Crippen molar-refractivity contribution in [2.24, 2.45) is 0 Å². The third-order valence-corrected chi connectivity index (χ3v) is 4.18. The average molecular weight is 385 g/mol. The van der Waals surface area contributed by atoms with E-state index >= 15 is 0 Å². The van der Waals surface area contributed by atoms with E-state index in [0.29, 0.717) is 0 Å². The van der Waals surface area contributed by atoms with Gasteiger partial charge in [0.25, 0.3) is 0 Å². The van der Waals surface area contributed by atoms with E-state index in [4.69, 9.17) is 0 Å². The third kappa shape index (κ3) is 3.54. The number of anilines is 1. The second-order valence-corrected chi connectivity index (χ2v) is 5.86. The second-order valence-electron chi connectivity index (χ2n) is 4.16. The Labute approximate surface area is 130 Å². The number of halogens is 2. The maximum atomic E-state index is 4.61. The quantitative estimate of drug-likeness (QED) is 0.858. The van der Waals surface area contributed by atoms with Crippen molar-refractivity contribution in [3.63, 3.8) is 0 Å². The van der Waals surface area contributed by atoms with Crippen molar-refractivity contribution in [3.8, 4) is 0 Å². The van der Waals surface area contributed by atoms with Crippen molar-refractivity contribution in [2.75, 3.05) is 12.4 Å². The number of rotatable bonds is 4. The van der Waals surface area contributed by atoms with Gasteiger partial charge in [0.1, 0.15) is 11.6 Å². The standard InChI is InChI=1S/C14H15Br2N3/c1-3-11-13(16)14(17-2)19-12(18-11)8-9-4-6-10(15)7-5-9/h4-7H,3,8H2,1-2H3,(H,17,18,19). The van der Waals surface area contributed by atoms with Crippen LogP contribution in [0.3, 0.4) is 0 Å². The second kappa shape index (κ2) is 6.48. The molecule has 0 spiro atoms. The van der Waals surface area contributed by atoms with E-state index in [1.54, 1.807) is 0 Å². The molecule has 2 aromatic rings. The predicted molar refractivity (Wildman–Crippen MR) is 85.6 cm³/mol. The number of hydrogen-bond donors (Lipinski definition) is 1. The molecule has 3 nitrogen and oxygen atoms in total. The maximum Gasteiger partial charge on any atom is 0.144 e. The zero-order valence-corrected chi connectivity index (χ0v) is 14.0. The monoisotopic (exact) mass is 383 g/mol. The van der Waals surface area contributed by atoms with Crippen LogP contribution in [0.25, 0.3) is 0 Å². The van der Waals surface area contributed by atoms with E-state index in [0.717, 1.165) is 39.1 Å². The van der Waals surface area contributed by atoms with E-state index in [9.17, 15) is 0 Å². The van der Waals surface area contributed by atoms with Crippen LogP contribution in [0.4, 0.5) is 5.82 Å². The van der Waals surface area contributed by atoms with Gasteiger partial charge in [0, 0.05) is 17.9 Å². The molecule has 0 fully saturated rings. The van der Waals surface area contributed by atoms with Gasteiger partial charge in [-0.3, -0.25) is 0 Å². The number of nitrogens with zero attached hydrogens (tertiary/aromatic N) is 2. The summed E-state index contributed by atoms with van der Waals surface area (Å²) in [5.74, 6) is 1.69. The summed E-state index contributed by atoms with van der Waals surface area (Å²) in [5.41, 5.74) is 2.24. The van der Waals surface area contributed by atoms with Gasteiger partial charge in [-0.15, -0.1) is 0 Å². The summed E-state index contributed by atoms with van der Waals surface area (Å²) in [6.45, 7) is 2.09. The van der Waals surface area contributed by atoms with Crippen molar-refractivity contribution in [3.05, 3.63) is 50.3 Å². The van der Waals surface area contributed by atoms with Crippen molar-refractivity contribution >= 4 is 37.7 Å². The fourth-order valence-corrected chi connectivity index (χ4v) is 2.73. The number of aromatic nitrogens is 2. The van der Waals surface area contributed by atoms with Crippen LogP contribution in [0.2, 0.25) is 0 Å². The molecule has 0 saturated heterocycles. The number of hydrogen-bond acceptors (Lipinski definition) is 3. The van der Waals surface area contributed by atoms with Crippen LogP contribution in [0.5, 0.6) is 0 Å². The summed E-state index contributed by atoms with van der Waals surface area (Å²) >= 11 is 6.98. The van der Waals surface area contributed by atoms with Gasteiger partial charge in [0.2, 0.25) is 0 Å². The molecule has 0 atom stereocenters. The number of benzene rings is 1. The molecule has 1 heterocycles. The van der Waals surface area contributed by atoms with E-state index in [1.165, 1.54) is 5.56 Å². The molecule has 0 aliphatic heterocycles. The smallest absolute Gasteiger partial charge is 0.144 e. The van der Waals surface area contributed by atoms with Gasteiger partial charge in [-0.2, -0.15) is 0 Å². The number of nitrogens with one attached hydrogen (secondary N) is 1. The lowest BCUT2D eigenvalue weighted by Crippen LogP contribution is -2.06. The normalized spacial score (nSPS) is 10.5. The Balaban J connectivity index is 2.32. The summed E-state index contributed by atoms with van der Waals surface area (Å²) in [7, 11) is 1.87. The van der Waals surface area contributed by atoms with Crippen LogP contribution in [-0.4, -0.2) is 17.0 Å². The van der Waals surface area contributed by atoms with Gasteiger partial charge in [-0.25, -0.2) is 9.97 Å². The highest BCUT2D eigenvalue weighted by Crippen LogP contribution is 2.24. The first-order chi connectivity index (χ1) is 9.13. The van der Waals surface area contributed by atoms with Gasteiger partial charge < -0.3 is 5.32 Å². The van der Waals surface area contributed by atoms with Gasteiger partial charge in [-0.05, 0) is 40.0 Å². The summed E-state index contributed by atoms with van der Waals surface area (Å²) in [5, 5.41) is 3.10. The van der Waals surface area contributed by atoms with E-state index in [-0.39, 0.29) is 0 Å². The van der Waals surface area contributed by atoms with Crippen LogP contribution in [0.1, 0.15) is 24.0 Å². The first kappa shape index (κ1) is 14.5. The molecule has 2 rings (SSSR count). The van der Waals surface area contributed by atoms with E-state index < -0.39 is 0 Å². The predicted octanol–water partition coefficient (Wildman–Crippen LogP) is 4.20. The SMILES string of the molecule is CCc1nc(Cc2ccc(Br)cc2)nc(NC)c1Br. The minimum absolute atomic E-state index is 0.738. The molecule has 100 valence electrons. The highest BCUT2D eigenvalue weighted by molar-refractivity contribution is 9.10. The third-order valence-electron chi connectivity index (χ3n) is 2.81. The fraction of sp³-hybridized carbons (Fsp3) is 0.286. The Bertz CT molecular complexity index is 542. The van der Waals surface area contributed by atoms with Gasteiger partial charge >= 0.3 is 0 Å². The van der Waals surface area contributed by atoms with Gasteiger partial charge in [0.15, 0.2) is 0 Å². The van der Waals surface area contributed by atoms with Crippen molar-refractivity contribution in [1.29, 1.82) is 0 Å². The molecule has 0 unspecified atom stereocenters. The summed E-state index contributed by atoms with van der Waals surface area (Å²) in [6, 6.07) is 8.24. The Kier molecular flexibility index (Phi) is 4.93. The van der Waals surface area contributed by atoms with Crippen LogP contribution in [0, 0.1) is 0 Å². The van der Waals surface area contributed by atoms with Gasteiger partial charge in [0.05, 0.1) is 10.2 Å². The molecular formula is C14H15Br2N3. The highest BCUT2D eigenvalue weighted by Gasteiger charge is 2.10. The lowest BCUT2D eigenvalue weighted by atomic mass is 10.1. The molecule has 0 saturated carbocycles. The molecule has 19 heavy (non-hydrogen) atoms. The molecule has 0 aliphatic carbocycles. The van der Waals surface area contributed by atoms with Crippen LogP contribution in [-0.2, 0) is 12.8 Å². The Morgan fingerprint density at radius 2 is 1.79 bits per heavy atom. The van der Waals surface area contributed by atoms with Crippen molar-refractivity contribution in [2.45, 2.75) is 19.8 Å². The summed E-state index contributed by atoms with van der Waals surface area (Å²) in [6.07, 6.45) is 1.62. The molecule has 0 aliphatic rings. The zero-order chi connectivity index (χ0) is 13.8. The number of aryl methyl sites for hydroxylation is 1. The molecule has 0 radical (unpaired) electrons. The maximum absolute atomic E-state index is 4.61.